The van der Waals surface area contributed by atoms with Crippen LogP contribution in [0.25, 0.3) is 0 Å². The van der Waals surface area contributed by atoms with Gasteiger partial charge in [-0.05, 0) is 13.3 Å². The Bertz CT molecular complexity index is 314. The molecule has 1 saturated heterocycles. The van der Waals surface area contributed by atoms with Gasteiger partial charge >= 0.3 is 0 Å². The van der Waals surface area contributed by atoms with E-state index in [1.165, 1.54) is 0 Å². The van der Waals surface area contributed by atoms with Crippen LogP contribution in [0.1, 0.15) is 13.3 Å². The van der Waals surface area contributed by atoms with E-state index in [0.717, 1.165) is 32.7 Å². The Morgan fingerprint density at radius 3 is 3.06 bits per heavy atom. The largest absolute Gasteiger partial charge is 0.374 e. The minimum absolute atomic E-state index is 0.208. The second-order valence-electron chi connectivity index (χ2n) is 4.69. The summed E-state index contributed by atoms with van der Waals surface area (Å²) in [6.07, 6.45) is 7.04. The van der Waals surface area contributed by atoms with Gasteiger partial charge in [0.05, 0.1) is 19.0 Å². The summed E-state index contributed by atoms with van der Waals surface area (Å²) in [7, 11) is 0. The van der Waals surface area contributed by atoms with E-state index < -0.39 is 0 Å². The molecule has 0 amide bonds. The fourth-order valence-corrected chi connectivity index (χ4v) is 2.20. The molecular formula is C12H22N4O. The van der Waals surface area contributed by atoms with Gasteiger partial charge in [0.1, 0.15) is 0 Å². The lowest BCUT2D eigenvalue weighted by molar-refractivity contribution is -0.0538. The molecule has 2 rings (SSSR count). The number of nitrogens with two attached hydrogens (primary N) is 1. The van der Waals surface area contributed by atoms with Crippen LogP contribution in [0.2, 0.25) is 0 Å². The van der Waals surface area contributed by atoms with Gasteiger partial charge in [0.2, 0.25) is 0 Å². The summed E-state index contributed by atoms with van der Waals surface area (Å²) in [5.41, 5.74) is 5.65. The molecule has 1 aliphatic heterocycles. The molecule has 0 spiro atoms. The molecule has 0 aromatic carbocycles. The van der Waals surface area contributed by atoms with E-state index in [1.807, 2.05) is 18.7 Å². The van der Waals surface area contributed by atoms with Crippen molar-refractivity contribution in [2.75, 3.05) is 26.2 Å². The number of imidazole rings is 1. The molecule has 1 aliphatic rings. The third-order valence-electron chi connectivity index (χ3n) is 3.32. The lowest BCUT2D eigenvalue weighted by Crippen LogP contribution is -2.50. The predicted molar refractivity (Wildman–Crippen MR) is 66.7 cm³/mol. The summed E-state index contributed by atoms with van der Waals surface area (Å²) in [6.45, 7) is 6.71. The molecule has 2 atom stereocenters. The van der Waals surface area contributed by atoms with Crippen LogP contribution in [0.15, 0.2) is 18.7 Å². The summed E-state index contributed by atoms with van der Waals surface area (Å²) < 4.78 is 7.76. The highest BCUT2D eigenvalue weighted by atomic mass is 16.5. The first-order valence-corrected chi connectivity index (χ1v) is 6.31. The van der Waals surface area contributed by atoms with Gasteiger partial charge in [0.15, 0.2) is 0 Å². The standard InChI is InChI=1S/C12H22N4O/c1-11-9-17-12(7-13)8-16(11)5-2-4-15-6-3-14-10-15/h3,6,10-12H,2,4-5,7-9,13H2,1H3. The molecule has 96 valence electrons. The predicted octanol–water partition coefficient (Wildman–Crippen LogP) is 0.321. The number of hydrogen-bond donors (Lipinski definition) is 1. The molecule has 2 N–H and O–H groups in total. The zero-order chi connectivity index (χ0) is 12.1. The van der Waals surface area contributed by atoms with Gasteiger partial charge in [0, 0.05) is 44.6 Å². The second kappa shape index (κ2) is 6.14. The van der Waals surface area contributed by atoms with Gasteiger partial charge < -0.3 is 15.0 Å². The smallest absolute Gasteiger partial charge is 0.0945 e. The van der Waals surface area contributed by atoms with Crippen LogP contribution in [-0.4, -0.2) is 52.8 Å². The van der Waals surface area contributed by atoms with Crippen molar-refractivity contribution in [2.45, 2.75) is 32.0 Å². The zero-order valence-corrected chi connectivity index (χ0v) is 10.5. The monoisotopic (exact) mass is 238 g/mol. The molecule has 0 aliphatic carbocycles. The van der Waals surface area contributed by atoms with Crippen molar-refractivity contribution in [3.05, 3.63) is 18.7 Å². The molecule has 1 fully saturated rings. The van der Waals surface area contributed by atoms with E-state index in [0.29, 0.717) is 12.6 Å². The van der Waals surface area contributed by atoms with Crippen molar-refractivity contribution in [2.24, 2.45) is 5.73 Å². The Hall–Kier alpha value is -0.910. The number of morpholine rings is 1. The van der Waals surface area contributed by atoms with Crippen molar-refractivity contribution in [1.82, 2.24) is 14.5 Å². The first-order chi connectivity index (χ1) is 8.29. The van der Waals surface area contributed by atoms with Crippen molar-refractivity contribution in [3.8, 4) is 0 Å². The maximum atomic E-state index is 5.65. The molecule has 2 heterocycles. The van der Waals surface area contributed by atoms with Crippen LogP contribution in [0.4, 0.5) is 0 Å². The fourth-order valence-electron chi connectivity index (χ4n) is 2.20. The molecule has 1 aromatic rings. The molecule has 5 heteroatoms. The zero-order valence-electron chi connectivity index (χ0n) is 10.5. The van der Waals surface area contributed by atoms with E-state index in [4.69, 9.17) is 10.5 Å². The van der Waals surface area contributed by atoms with E-state index >= 15 is 0 Å². The third kappa shape index (κ3) is 3.52. The summed E-state index contributed by atoms with van der Waals surface area (Å²) in [6, 6.07) is 0.501. The van der Waals surface area contributed by atoms with Crippen LogP contribution >= 0.6 is 0 Å². The molecule has 2 unspecified atom stereocenters. The highest BCUT2D eigenvalue weighted by Gasteiger charge is 2.24. The fraction of sp³-hybridized carbons (Fsp3) is 0.750. The summed E-state index contributed by atoms with van der Waals surface area (Å²) >= 11 is 0. The van der Waals surface area contributed by atoms with E-state index in [-0.39, 0.29) is 6.10 Å². The number of rotatable bonds is 5. The highest BCUT2D eigenvalue weighted by molar-refractivity contribution is 4.79. The number of aryl methyl sites for hydroxylation is 1. The molecule has 5 nitrogen and oxygen atoms in total. The lowest BCUT2D eigenvalue weighted by atomic mass is 10.2. The number of aromatic nitrogens is 2. The van der Waals surface area contributed by atoms with Crippen molar-refractivity contribution >= 4 is 0 Å². The van der Waals surface area contributed by atoms with Crippen LogP contribution < -0.4 is 5.73 Å². The van der Waals surface area contributed by atoms with Crippen LogP contribution in [0, 0.1) is 0 Å². The van der Waals surface area contributed by atoms with Gasteiger partial charge in [-0.3, -0.25) is 4.90 Å². The van der Waals surface area contributed by atoms with E-state index in [9.17, 15) is 0 Å². The minimum atomic E-state index is 0.208. The maximum absolute atomic E-state index is 5.65. The SMILES string of the molecule is CC1COC(CN)CN1CCCn1ccnc1. The van der Waals surface area contributed by atoms with Gasteiger partial charge in [-0.2, -0.15) is 0 Å². The van der Waals surface area contributed by atoms with Crippen molar-refractivity contribution in [3.63, 3.8) is 0 Å². The first-order valence-electron chi connectivity index (χ1n) is 6.31. The molecule has 0 saturated carbocycles. The molecule has 17 heavy (non-hydrogen) atoms. The Kier molecular flexibility index (Phi) is 4.53. The van der Waals surface area contributed by atoms with Crippen molar-refractivity contribution in [1.29, 1.82) is 0 Å². The molecular weight excluding hydrogens is 216 g/mol. The third-order valence-corrected chi connectivity index (χ3v) is 3.32. The molecule has 0 radical (unpaired) electrons. The van der Waals surface area contributed by atoms with E-state index in [1.54, 1.807) is 0 Å². The van der Waals surface area contributed by atoms with Gasteiger partial charge in [-0.1, -0.05) is 0 Å². The Labute approximate surface area is 103 Å². The van der Waals surface area contributed by atoms with Crippen LogP contribution in [0.5, 0.6) is 0 Å². The maximum Gasteiger partial charge on any atom is 0.0945 e. The minimum Gasteiger partial charge on any atom is -0.374 e. The first kappa shape index (κ1) is 12.5. The number of nitrogens with zero attached hydrogens (tertiary/aromatic N) is 3. The number of hydrogen-bond acceptors (Lipinski definition) is 4. The average Bonchev–Trinajstić information content (AvgIpc) is 2.84. The quantitative estimate of drug-likeness (QED) is 0.802. The number of ether oxygens (including phenoxy) is 1. The Balaban J connectivity index is 1.73. The van der Waals surface area contributed by atoms with Crippen LogP contribution in [-0.2, 0) is 11.3 Å². The topological polar surface area (TPSA) is 56.3 Å². The van der Waals surface area contributed by atoms with Gasteiger partial charge in [-0.25, -0.2) is 4.98 Å². The Morgan fingerprint density at radius 1 is 1.47 bits per heavy atom. The lowest BCUT2D eigenvalue weighted by Gasteiger charge is -2.37. The summed E-state index contributed by atoms with van der Waals surface area (Å²) in [4.78, 5) is 6.51. The highest BCUT2D eigenvalue weighted by Crippen LogP contribution is 2.11. The average molecular weight is 238 g/mol. The molecule has 1 aromatic heterocycles. The second-order valence-corrected chi connectivity index (χ2v) is 4.69. The van der Waals surface area contributed by atoms with Gasteiger partial charge in [-0.15, -0.1) is 0 Å². The summed E-state index contributed by atoms with van der Waals surface area (Å²) in [5, 5.41) is 0. The normalized spacial score (nSPS) is 26.2. The van der Waals surface area contributed by atoms with Crippen LogP contribution in [0.3, 0.4) is 0 Å². The summed E-state index contributed by atoms with van der Waals surface area (Å²) in [5.74, 6) is 0. The Morgan fingerprint density at radius 2 is 2.35 bits per heavy atom. The van der Waals surface area contributed by atoms with Crippen molar-refractivity contribution < 1.29 is 4.74 Å². The van der Waals surface area contributed by atoms with E-state index in [2.05, 4.69) is 21.4 Å². The van der Waals surface area contributed by atoms with Gasteiger partial charge in [0.25, 0.3) is 0 Å². The molecule has 0 bridgehead atoms.